The zero-order valence-corrected chi connectivity index (χ0v) is 11.3. The molecule has 1 aliphatic rings. The van der Waals surface area contributed by atoms with Crippen molar-refractivity contribution in [3.63, 3.8) is 0 Å². The number of ether oxygens (including phenoxy) is 1. The van der Waals surface area contributed by atoms with E-state index >= 15 is 0 Å². The highest BCUT2D eigenvalue weighted by molar-refractivity contribution is 6.06. The second-order valence-corrected chi connectivity index (χ2v) is 4.23. The maximum absolute atomic E-state index is 12.3. The van der Waals surface area contributed by atoms with Crippen LogP contribution in [0.15, 0.2) is 24.3 Å². The van der Waals surface area contributed by atoms with Gasteiger partial charge in [0.1, 0.15) is 0 Å². The van der Waals surface area contributed by atoms with Gasteiger partial charge < -0.3 is 10.1 Å². The smallest absolute Gasteiger partial charge is 0.339 e. The van der Waals surface area contributed by atoms with Gasteiger partial charge in [0.05, 0.1) is 18.4 Å². The highest BCUT2D eigenvalue weighted by atomic mass is 16.5. The van der Waals surface area contributed by atoms with Crippen LogP contribution in [0, 0.1) is 0 Å². The van der Waals surface area contributed by atoms with E-state index in [1.165, 1.54) is 19.1 Å². The van der Waals surface area contributed by atoms with Gasteiger partial charge in [0, 0.05) is 20.1 Å². The number of esters is 1. The van der Waals surface area contributed by atoms with Crippen molar-refractivity contribution in [3.8, 4) is 0 Å². The van der Waals surface area contributed by atoms with E-state index in [1.807, 2.05) is 0 Å². The van der Waals surface area contributed by atoms with Crippen LogP contribution in [0.2, 0.25) is 0 Å². The number of carbonyl (C=O) groups excluding carboxylic acids is 3. The predicted molar refractivity (Wildman–Crippen MR) is 71.7 cm³/mol. The molecule has 1 N–H and O–H groups in total. The first kappa shape index (κ1) is 13.9. The van der Waals surface area contributed by atoms with Gasteiger partial charge in [-0.15, -0.1) is 0 Å². The maximum atomic E-state index is 12.3. The van der Waals surface area contributed by atoms with Crippen LogP contribution >= 0.6 is 0 Å². The van der Waals surface area contributed by atoms with Gasteiger partial charge in [0.15, 0.2) is 0 Å². The Hall–Kier alpha value is -2.57. The largest absolute Gasteiger partial charge is 0.465 e. The highest BCUT2D eigenvalue weighted by Crippen LogP contribution is 2.21. The number of hydrogen-bond acceptors (Lipinski definition) is 4. The van der Waals surface area contributed by atoms with Crippen LogP contribution in [0.4, 0.5) is 15.3 Å². The number of rotatable bonds is 2. The molecule has 0 atom stereocenters. The van der Waals surface area contributed by atoms with Gasteiger partial charge >= 0.3 is 18.0 Å². The molecule has 2 rings (SSSR count). The first-order valence-electron chi connectivity index (χ1n) is 6.06. The molecule has 0 radical (unpaired) electrons. The van der Waals surface area contributed by atoms with Crippen LogP contribution in [0.3, 0.4) is 0 Å². The lowest BCUT2D eigenvalue weighted by Crippen LogP contribution is -2.43. The van der Waals surface area contributed by atoms with Crippen molar-refractivity contribution in [2.24, 2.45) is 0 Å². The van der Waals surface area contributed by atoms with Crippen LogP contribution < -0.4 is 10.2 Å². The Morgan fingerprint density at radius 2 is 2.05 bits per heavy atom. The van der Waals surface area contributed by atoms with E-state index in [0.717, 1.165) is 4.90 Å². The molecule has 106 valence electrons. The fourth-order valence-corrected chi connectivity index (χ4v) is 1.99. The zero-order chi connectivity index (χ0) is 14.7. The molecule has 0 aliphatic carbocycles. The van der Waals surface area contributed by atoms with Gasteiger partial charge in [-0.2, -0.15) is 0 Å². The number of nitrogens with one attached hydrogen (secondary N) is 1. The second kappa shape index (κ2) is 5.60. The first-order chi connectivity index (χ1) is 9.56. The van der Waals surface area contributed by atoms with Crippen molar-refractivity contribution in [3.05, 3.63) is 29.8 Å². The quantitative estimate of drug-likeness (QED) is 0.820. The molecule has 0 unspecified atom stereocenters. The summed E-state index contributed by atoms with van der Waals surface area (Å²) in [5.74, 6) is -0.536. The molecule has 1 fully saturated rings. The number of imide groups is 1. The molecule has 4 amide bonds. The van der Waals surface area contributed by atoms with E-state index < -0.39 is 18.0 Å². The molecule has 0 saturated carbocycles. The van der Waals surface area contributed by atoms with Gasteiger partial charge in [0.2, 0.25) is 0 Å². The summed E-state index contributed by atoms with van der Waals surface area (Å²) >= 11 is 0. The van der Waals surface area contributed by atoms with E-state index in [4.69, 9.17) is 0 Å². The lowest BCUT2D eigenvalue weighted by atomic mass is 10.1. The van der Waals surface area contributed by atoms with E-state index in [9.17, 15) is 14.4 Å². The first-order valence-corrected chi connectivity index (χ1v) is 6.06. The molecule has 0 spiro atoms. The van der Waals surface area contributed by atoms with Crippen molar-refractivity contribution in [1.82, 2.24) is 10.2 Å². The van der Waals surface area contributed by atoms with Crippen LogP contribution in [0.25, 0.3) is 0 Å². The van der Waals surface area contributed by atoms with Crippen LogP contribution in [-0.2, 0) is 4.74 Å². The van der Waals surface area contributed by atoms with E-state index in [-0.39, 0.29) is 5.56 Å². The van der Waals surface area contributed by atoms with E-state index in [2.05, 4.69) is 10.1 Å². The van der Waals surface area contributed by atoms with Crippen molar-refractivity contribution in [2.75, 3.05) is 32.1 Å². The normalized spacial score (nSPS) is 13.9. The number of nitrogens with zero attached hydrogens (tertiary/aromatic N) is 2. The van der Waals surface area contributed by atoms with Crippen LogP contribution in [0.5, 0.6) is 0 Å². The summed E-state index contributed by atoms with van der Waals surface area (Å²) in [6, 6.07) is 5.65. The minimum atomic E-state index is -0.536. The summed E-state index contributed by atoms with van der Waals surface area (Å²) in [5.41, 5.74) is 0.662. The number of carbonyl (C=O) groups is 3. The van der Waals surface area contributed by atoms with Crippen LogP contribution in [-0.4, -0.2) is 50.2 Å². The Kier molecular flexibility index (Phi) is 3.88. The Bertz CT molecular complexity index is 558. The van der Waals surface area contributed by atoms with Gasteiger partial charge in [-0.05, 0) is 12.1 Å². The predicted octanol–water partition coefficient (Wildman–Crippen LogP) is 1.05. The summed E-state index contributed by atoms with van der Waals surface area (Å²) in [6.07, 6.45) is 0. The second-order valence-electron chi connectivity index (χ2n) is 4.23. The molecule has 1 heterocycles. The molecular weight excluding hydrogens is 262 g/mol. The van der Waals surface area contributed by atoms with E-state index in [0.29, 0.717) is 18.8 Å². The number of methoxy groups -OCH3 is 1. The van der Waals surface area contributed by atoms with Crippen molar-refractivity contribution >= 4 is 23.7 Å². The molecule has 1 saturated heterocycles. The molecule has 7 heteroatoms. The van der Waals surface area contributed by atoms with Gasteiger partial charge in [-0.1, -0.05) is 12.1 Å². The lowest BCUT2D eigenvalue weighted by Gasteiger charge is -2.23. The number of amides is 4. The number of benzene rings is 1. The Labute approximate surface area is 116 Å². The average Bonchev–Trinajstić information content (AvgIpc) is 2.91. The molecule has 20 heavy (non-hydrogen) atoms. The van der Waals surface area contributed by atoms with Crippen molar-refractivity contribution < 1.29 is 19.1 Å². The average molecular weight is 277 g/mol. The summed E-state index contributed by atoms with van der Waals surface area (Å²) in [4.78, 5) is 37.8. The van der Waals surface area contributed by atoms with Gasteiger partial charge in [0.25, 0.3) is 0 Å². The Balaban J connectivity index is 2.29. The molecule has 7 nitrogen and oxygen atoms in total. The molecule has 1 aromatic carbocycles. The topological polar surface area (TPSA) is 79.0 Å². The molecule has 0 aromatic heterocycles. The number of anilines is 1. The van der Waals surface area contributed by atoms with E-state index in [1.54, 1.807) is 24.3 Å². The SMILES string of the molecule is COC(=O)c1ccccc1N(C)C(=O)N1CCNC1=O. The Morgan fingerprint density at radius 1 is 1.35 bits per heavy atom. The lowest BCUT2D eigenvalue weighted by molar-refractivity contribution is 0.0601. The minimum absolute atomic E-state index is 0.269. The van der Waals surface area contributed by atoms with Crippen LogP contribution in [0.1, 0.15) is 10.4 Å². The summed E-state index contributed by atoms with van der Waals surface area (Å²) < 4.78 is 4.68. The standard InChI is InChI=1S/C13H15N3O4/c1-15(13(19)16-8-7-14-12(16)18)10-6-4-3-5-9(10)11(17)20-2/h3-6H,7-8H2,1-2H3,(H,14,18). The Morgan fingerprint density at radius 3 is 2.65 bits per heavy atom. The summed E-state index contributed by atoms with van der Waals surface area (Å²) in [6.45, 7) is 0.736. The molecule has 0 bridgehead atoms. The third-order valence-electron chi connectivity index (χ3n) is 3.05. The number of urea groups is 2. The minimum Gasteiger partial charge on any atom is -0.465 e. The summed E-state index contributed by atoms with van der Waals surface area (Å²) in [5, 5.41) is 2.55. The number of para-hydroxylation sites is 1. The molecular formula is C13H15N3O4. The number of hydrogen-bond donors (Lipinski definition) is 1. The monoisotopic (exact) mass is 277 g/mol. The third-order valence-corrected chi connectivity index (χ3v) is 3.05. The van der Waals surface area contributed by atoms with Gasteiger partial charge in [-0.3, -0.25) is 4.90 Å². The van der Waals surface area contributed by atoms with Crippen molar-refractivity contribution in [1.29, 1.82) is 0 Å². The fraction of sp³-hybridized carbons (Fsp3) is 0.308. The zero-order valence-electron chi connectivity index (χ0n) is 11.3. The molecule has 1 aromatic rings. The third kappa shape index (κ3) is 2.42. The fourth-order valence-electron chi connectivity index (χ4n) is 1.99. The van der Waals surface area contributed by atoms with Gasteiger partial charge in [-0.25, -0.2) is 19.3 Å². The molecule has 1 aliphatic heterocycles. The highest BCUT2D eigenvalue weighted by Gasteiger charge is 2.30. The maximum Gasteiger partial charge on any atom is 0.339 e. The summed E-state index contributed by atoms with van der Waals surface area (Å²) in [7, 11) is 2.78. The van der Waals surface area contributed by atoms with Crippen molar-refractivity contribution in [2.45, 2.75) is 0 Å².